The summed E-state index contributed by atoms with van der Waals surface area (Å²) in [6.45, 7) is 2.47. The van der Waals surface area contributed by atoms with Gasteiger partial charge in [0.15, 0.2) is 0 Å². The van der Waals surface area contributed by atoms with Gasteiger partial charge in [-0.1, -0.05) is 44.4 Å². The summed E-state index contributed by atoms with van der Waals surface area (Å²) in [6, 6.07) is 8.32. The fourth-order valence-corrected chi connectivity index (χ4v) is 3.02. The van der Waals surface area contributed by atoms with Crippen LogP contribution in [0.3, 0.4) is 0 Å². The molecule has 0 saturated heterocycles. The number of unbranched alkanes of at least 4 members (excludes halogenated alkanes) is 3. The zero-order valence-electron chi connectivity index (χ0n) is 17.2. The van der Waals surface area contributed by atoms with Crippen molar-refractivity contribution in [3.8, 4) is 0 Å². The summed E-state index contributed by atoms with van der Waals surface area (Å²) < 4.78 is 0. The van der Waals surface area contributed by atoms with Gasteiger partial charge in [-0.15, -0.1) is 0 Å². The van der Waals surface area contributed by atoms with Crippen LogP contribution in [-0.2, 0) is 14.4 Å². The Hall–Kier alpha value is -2.45. The van der Waals surface area contributed by atoms with E-state index in [0.29, 0.717) is 36.6 Å². The maximum Gasteiger partial charge on any atom is 0.246 e. The number of hydrogen-bond donors (Lipinski definition) is 4. The molecule has 0 saturated carbocycles. The molecule has 0 heterocycles. The molecule has 3 amide bonds. The van der Waals surface area contributed by atoms with E-state index in [1.807, 2.05) is 18.2 Å². The minimum absolute atomic E-state index is 0.102. The van der Waals surface area contributed by atoms with Gasteiger partial charge in [0.1, 0.15) is 6.04 Å². The number of nitrogens with two attached hydrogens (primary N) is 1. The third-order valence-corrected chi connectivity index (χ3v) is 4.68. The second-order valence-corrected chi connectivity index (χ2v) is 7.12. The first-order valence-corrected chi connectivity index (χ1v) is 10.3. The summed E-state index contributed by atoms with van der Waals surface area (Å²) in [5.41, 5.74) is 6.20. The highest BCUT2D eigenvalue weighted by Gasteiger charge is 2.26. The van der Waals surface area contributed by atoms with Crippen molar-refractivity contribution in [2.24, 2.45) is 11.7 Å². The molecule has 8 heteroatoms. The molecule has 0 aliphatic rings. The molecule has 0 radical (unpaired) electrons. The molecule has 162 valence electrons. The number of carbonyl (C=O) groups excluding carboxylic acids is 3. The van der Waals surface area contributed by atoms with E-state index >= 15 is 0 Å². The van der Waals surface area contributed by atoms with Crippen LogP contribution in [0.15, 0.2) is 30.3 Å². The van der Waals surface area contributed by atoms with Crippen LogP contribution in [0.2, 0.25) is 0 Å². The van der Waals surface area contributed by atoms with Crippen LogP contribution in [0.25, 0.3) is 0 Å². The van der Waals surface area contributed by atoms with E-state index in [9.17, 15) is 19.6 Å². The fourth-order valence-electron chi connectivity index (χ4n) is 3.02. The molecule has 0 fully saturated rings. The van der Waals surface area contributed by atoms with Gasteiger partial charge in [0.25, 0.3) is 0 Å². The minimum atomic E-state index is -0.716. The van der Waals surface area contributed by atoms with Gasteiger partial charge in [0.2, 0.25) is 18.2 Å². The van der Waals surface area contributed by atoms with Crippen molar-refractivity contribution < 1.29 is 19.6 Å². The highest BCUT2D eigenvalue weighted by atomic mass is 16.5. The van der Waals surface area contributed by atoms with Crippen LogP contribution in [0.1, 0.15) is 51.9 Å². The topological polar surface area (TPSA) is 125 Å². The van der Waals surface area contributed by atoms with E-state index in [-0.39, 0.29) is 24.8 Å². The minimum Gasteiger partial charge on any atom is -0.344 e. The van der Waals surface area contributed by atoms with Gasteiger partial charge < -0.3 is 16.4 Å². The van der Waals surface area contributed by atoms with Crippen LogP contribution >= 0.6 is 0 Å². The molecular formula is C21H34N4O4. The summed E-state index contributed by atoms with van der Waals surface area (Å²) in [5.74, 6) is -1.23. The fraction of sp³-hybridized carbons (Fsp3) is 0.571. The summed E-state index contributed by atoms with van der Waals surface area (Å²) in [7, 11) is 0. The Bertz CT molecular complexity index is 612. The Morgan fingerprint density at radius 2 is 1.79 bits per heavy atom. The van der Waals surface area contributed by atoms with Gasteiger partial charge in [-0.3, -0.25) is 19.6 Å². The van der Waals surface area contributed by atoms with E-state index in [1.165, 1.54) is 0 Å². The lowest BCUT2D eigenvalue weighted by Gasteiger charge is -2.24. The molecule has 0 aliphatic carbocycles. The van der Waals surface area contributed by atoms with E-state index < -0.39 is 12.0 Å². The van der Waals surface area contributed by atoms with Crippen molar-refractivity contribution >= 4 is 23.9 Å². The molecule has 5 N–H and O–H groups in total. The summed E-state index contributed by atoms with van der Waals surface area (Å²) in [4.78, 5) is 36.3. The molecule has 0 aliphatic heterocycles. The monoisotopic (exact) mass is 406 g/mol. The number of amides is 3. The quantitative estimate of drug-likeness (QED) is 0.154. The largest absolute Gasteiger partial charge is 0.344 e. The standard InChI is InChI=1S/C21H34N4O4/c1-2-3-5-10-17(15-25(29)16-26)20(27)24-19(13-8-9-14-22)21(28)23-18-11-6-4-7-12-18/h4,6-7,11-12,16-17,19,29H,2-3,5,8-10,13-15,22H2,1H3,(H,23,28)(H,24,27)/t17-,19-/m0/s1. The Morgan fingerprint density at radius 1 is 1.10 bits per heavy atom. The average molecular weight is 407 g/mol. The molecule has 0 unspecified atom stereocenters. The first-order valence-electron chi connectivity index (χ1n) is 10.3. The lowest BCUT2D eigenvalue weighted by Crippen LogP contribution is -2.47. The predicted octanol–water partition coefficient (Wildman–Crippen LogP) is 2.28. The second kappa shape index (κ2) is 14.5. The van der Waals surface area contributed by atoms with Crippen molar-refractivity contribution in [1.29, 1.82) is 0 Å². The third kappa shape index (κ3) is 10.0. The molecule has 1 aromatic carbocycles. The maximum absolute atomic E-state index is 12.8. The molecule has 2 atom stereocenters. The molecule has 1 rings (SSSR count). The number of rotatable bonds is 15. The zero-order valence-corrected chi connectivity index (χ0v) is 17.2. The zero-order chi connectivity index (χ0) is 21.5. The summed E-state index contributed by atoms with van der Waals surface area (Å²) in [6.07, 6.45) is 5.46. The van der Waals surface area contributed by atoms with Crippen molar-refractivity contribution in [1.82, 2.24) is 10.4 Å². The van der Waals surface area contributed by atoms with Crippen molar-refractivity contribution in [3.05, 3.63) is 30.3 Å². The van der Waals surface area contributed by atoms with Crippen LogP contribution in [0, 0.1) is 5.92 Å². The lowest BCUT2D eigenvalue weighted by atomic mass is 9.99. The maximum atomic E-state index is 12.8. The smallest absolute Gasteiger partial charge is 0.246 e. The molecule has 0 spiro atoms. The van der Waals surface area contributed by atoms with Crippen LogP contribution in [0.5, 0.6) is 0 Å². The normalized spacial score (nSPS) is 12.7. The highest BCUT2D eigenvalue weighted by Crippen LogP contribution is 2.14. The van der Waals surface area contributed by atoms with Crippen LogP contribution in [0.4, 0.5) is 5.69 Å². The third-order valence-electron chi connectivity index (χ3n) is 4.68. The van der Waals surface area contributed by atoms with Crippen LogP contribution in [-0.4, -0.2) is 47.6 Å². The van der Waals surface area contributed by atoms with Gasteiger partial charge in [-0.25, -0.2) is 5.06 Å². The number of hydroxylamine groups is 2. The summed E-state index contributed by atoms with van der Waals surface area (Å²) >= 11 is 0. The van der Waals surface area contributed by atoms with Crippen molar-refractivity contribution in [2.75, 3.05) is 18.4 Å². The number of anilines is 1. The SMILES string of the molecule is CCCCC[C@@H](CN(O)C=O)C(=O)N[C@@H](CCCCN)C(=O)Nc1ccccc1. The van der Waals surface area contributed by atoms with Gasteiger partial charge in [-0.05, 0) is 44.4 Å². The number of carbonyl (C=O) groups is 3. The van der Waals surface area contributed by atoms with E-state index in [1.54, 1.807) is 12.1 Å². The van der Waals surface area contributed by atoms with Gasteiger partial charge in [0, 0.05) is 5.69 Å². The van der Waals surface area contributed by atoms with E-state index in [0.717, 1.165) is 25.7 Å². The number of nitrogens with one attached hydrogen (secondary N) is 2. The Morgan fingerprint density at radius 3 is 2.41 bits per heavy atom. The Labute approximate surface area is 172 Å². The number of hydrogen-bond acceptors (Lipinski definition) is 5. The first kappa shape index (κ1) is 24.6. The van der Waals surface area contributed by atoms with E-state index in [2.05, 4.69) is 17.6 Å². The second-order valence-electron chi connectivity index (χ2n) is 7.12. The van der Waals surface area contributed by atoms with Gasteiger partial charge >= 0.3 is 0 Å². The average Bonchev–Trinajstić information content (AvgIpc) is 2.72. The number of nitrogens with zero attached hydrogens (tertiary/aromatic N) is 1. The Kier molecular flexibility index (Phi) is 12.3. The lowest BCUT2D eigenvalue weighted by molar-refractivity contribution is -0.155. The molecule has 29 heavy (non-hydrogen) atoms. The van der Waals surface area contributed by atoms with Gasteiger partial charge in [0.05, 0.1) is 12.5 Å². The molecule has 0 aromatic heterocycles. The van der Waals surface area contributed by atoms with Crippen LogP contribution < -0.4 is 16.4 Å². The molecular weight excluding hydrogens is 372 g/mol. The molecule has 0 bridgehead atoms. The molecule has 8 nitrogen and oxygen atoms in total. The molecule has 1 aromatic rings. The number of para-hydroxylation sites is 1. The first-order chi connectivity index (χ1) is 14.0. The Balaban J connectivity index is 2.81. The van der Waals surface area contributed by atoms with Crippen molar-refractivity contribution in [2.45, 2.75) is 57.9 Å². The highest BCUT2D eigenvalue weighted by molar-refractivity contribution is 5.97. The predicted molar refractivity (Wildman–Crippen MR) is 112 cm³/mol. The number of benzene rings is 1. The summed E-state index contributed by atoms with van der Waals surface area (Å²) in [5, 5.41) is 15.6. The van der Waals surface area contributed by atoms with Crippen molar-refractivity contribution in [3.63, 3.8) is 0 Å². The van der Waals surface area contributed by atoms with E-state index in [4.69, 9.17) is 5.73 Å². The van der Waals surface area contributed by atoms with Gasteiger partial charge in [-0.2, -0.15) is 0 Å².